The number of hydrogen-bond acceptors (Lipinski definition) is 3. The Morgan fingerprint density at radius 1 is 1.39 bits per heavy atom. The minimum Gasteiger partial charge on any atom is -0.394 e. The molecule has 18 heavy (non-hydrogen) atoms. The molecular weight excluding hydrogens is 242 g/mol. The lowest BCUT2D eigenvalue weighted by Crippen LogP contribution is -2.14. The van der Waals surface area contributed by atoms with Gasteiger partial charge in [-0.15, -0.1) is 0 Å². The first-order valence-electron chi connectivity index (χ1n) is 5.03. The highest BCUT2D eigenvalue weighted by Crippen LogP contribution is 2.18. The molecule has 0 aliphatic heterocycles. The third-order valence-corrected chi connectivity index (χ3v) is 2.30. The van der Waals surface area contributed by atoms with E-state index < -0.39 is 23.2 Å². The van der Waals surface area contributed by atoms with Crippen molar-refractivity contribution in [2.75, 3.05) is 11.1 Å². The number of halogens is 2. The fraction of sp³-hybridized carbons (Fsp3) is 0.0909. The molecule has 7 heteroatoms. The normalized spacial score (nSPS) is 10.4. The molecule has 2 aromatic rings. The van der Waals surface area contributed by atoms with Crippen LogP contribution in [0.2, 0.25) is 0 Å². The van der Waals surface area contributed by atoms with Crippen LogP contribution in [-0.2, 0) is 7.05 Å². The SMILES string of the molecule is Cn1ccc(NC(=O)c2cc(F)c(N)c(F)c2)n1. The quantitative estimate of drug-likeness (QED) is 0.796. The summed E-state index contributed by atoms with van der Waals surface area (Å²) in [6.07, 6.45) is 1.62. The molecule has 0 fully saturated rings. The molecule has 0 spiro atoms. The average molecular weight is 252 g/mol. The molecule has 1 amide bonds. The molecule has 1 aromatic carbocycles. The standard InChI is InChI=1S/C11H10F2N4O/c1-17-3-2-9(16-17)15-11(18)6-4-7(12)10(14)8(13)5-6/h2-5H,14H2,1H3,(H,15,16,18). The summed E-state index contributed by atoms with van der Waals surface area (Å²) >= 11 is 0. The number of rotatable bonds is 2. The van der Waals surface area contributed by atoms with Crippen LogP contribution in [0, 0.1) is 11.6 Å². The van der Waals surface area contributed by atoms with E-state index in [2.05, 4.69) is 10.4 Å². The van der Waals surface area contributed by atoms with Gasteiger partial charge in [0, 0.05) is 24.9 Å². The van der Waals surface area contributed by atoms with E-state index in [0.717, 1.165) is 12.1 Å². The maximum Gasteiger partial charge on any atom is 0.257 e. The highest BCUT2D eigenvalue weighted by atomic mass is 19.1. The fourth-order valence-electron chi connectivity index (χ4n) is 1.39. The third-order valence-electron chi connectivity index (χ3n) is 2.30. The second kappa shape index (κ2) is 4.44. The Bertz CT molecular complexity index is 586. The van der Waals surface area contributed by atoms with Crippen molar-refractivity contribution in [2.45, 2.75) is 0 Å². The van der Waals surface area contributed by atoms with Crippen LogP contribution in [-0.4, -0.2) is 15.7 Å². The number of nitrogens with one attached hydrogen (secondary N) is 1. The summed E-state index contributed by atoms with van der Waals surface area (Å²) in [5, 5.41) is 6.32. The van der Waals surface area contributed by atoms with Gasteiger partial charge in [0.2, 0.25) is 0 Å². The molecule has 0 saturated carbocycles. The maximum atomic E-state index is 13.2. The predicted octanol–water partition coefficient (Wildman–Crippen LogP) is 1.53. The number of aromatic nitrogens is 2. The van der Waals surface area contributed by atoms with Gasteiger partial charge in [-0.25, -0.2) is 8.78 Å². The molecule has 5 nitrogen and oxygen atoms in total. The van der Waals surface area contributed by atoms with Gasteiger partial charge in [-0.1, -0.05) is 0 Å². The lowest BCUT2D eigenvalue weighted by atomic mass is 10.1. The van der Waals surface area contributed by atoms with Gasteiger partial charge in [0.15, 0.2) is 5.82 Å². The van der Waals surface area contributed by atoms with E-state index in [1.54, 1.807) is 19.3 Å². The Kier molecular flexibility index (Phi) is 2.97. The van der Waals surface area contributed by atoms with Crippen LogP contribution in [0.15, 0.2) is 24.4 Å². The summed E-state index contributed by atoms with van der Waals surface area (Å²) in [4.78, 5) is 11.7. The summed E-state index contributed by atoms with van der Waals surface area (Å²) < 4.78 is 27.8. The third kappa shape index (κ3) is 2.29. The molecule has 3 N–H and O–H groups in total. The summed E-state index contributed by atoms with van der Waals surface area (Å²) in [5.74, 6) is -2.31. The minimum absolute atomic E-state index is 0.162. The van der Waals surface area contributed by atoms with Gasteiger partial charge in [-0.3, -0.25) is 9.48 Å². The van der Waals surface area contributed by atoms with E-state index in [9.17, 15) is 13.6 Å². The maximum absolute atomic E-state index is 13.2. The number of benzene rings is 1. The van der Waals surface area contributed by atoms with Crippen molar-refractivity contribution in [3.63, 3.8) is 0 Å². The average Bonchev–Trinajstić information content (AvgIpc) is 2.71. The van der Waals surface area contributed by atoms with Gasteiger partial charge in [-0.05, 0) is 12.1 Å². The predicted molar refractivity (Wildman–Crippen MR) is 61.9 cm³/mol. The second-order valence-electron chi connectivity index (χ2n) is 3.68. The van der Waals surface area contributed by atoms with E-state index in [4.69, 9.17) is 5.73 Å². The van der Waals surface area contributed by atoms with Crippen molar-refractivity contribution >= 4 is 17.4 Å². The van der Waals surface area contributed by atoms with Crippen LogP contribution in [0.4, 0.5) is 20.3 Å². The van der Waals surface area contributed by atoms with Crippen LogP contribution in [0.1, 0.15) is 10.4 Å². The number of hydrogen-bond donors (Lipinski definition) is 2. The van der Waals surface area contributed by atoms with E-state index in [1.165, 1.54) is 4.68 Å². The molecule has 0 radical (unpaired) electrons. The second-order valence-corrected chi connectivity index (χ2v) is 3.68. The molecule has 2 rings (SSSR count). The van der Waals surface area contributed by atoms with Gasteiger partial charge < -0.3 is 11.1 Å². The van der Waals surface area contributed by atoms with E-state index >= 15 is 0 Å². The zero-order valence-corrected chi connectivity index (χ0v) is 9.45. The largest absolute Gasteiger partial charge is 0.394 e. The summed E-state index contributed by atoms with van der Waals surface area (Å²) in [6, 6.07) is 3.30. The first-order valence-corrected chi connectivity index (χ1v) is 5.03. The van der Waals surface area contributed by atoms with Crippen molar-refractivity contribution in [3.05, 3.63) is 41.6 Å². The van der Waals surface area contributed by atoms with Gasteiger partial charge >= 0.3 is 0 Å². The van der Waals surface area contributed by atoms with Gasteiger partial charge in [0.05, 0.1) is 0 Å². The first-order chi connectivity index (χ1) is 8.47. The van der Waals surface area contributed by atoms with Crippen LogP contribution < -0.4 is 11.1 Å². The Labute approximate surface area is 101 Å². The van der Waals surface area contributed by atoms with Crippen molar-refractivity contribution in [3.8, 4) is 0 Å². The monoisotopic (exact) mass is 252 g/mol. The molecule has 0 unspecified atom stereocenters. The molecule has 1 heterocycles. The topological polar surface area (TPSA) is 72.9 Å². The van der Waals surface area contributed by atoms with E-state index in [-0.39, 0.29) is 5.56 Å². The van der Waals surface area contributed by atoms with E-state index in [0.29, 0.717) is 5.82 Å². The molecule has 0 aliphatic rings. The molecular formula is C11H10F2N4O. The summed E-state index contributed by atoms with van der Waals surface area (Å²) in [7, 11) is 1.68. The Balaban J connectivity index is 2.24. The van der Waals surface area contributed by atoms with Gasteiger partial charge in [0.1, 0.15) is 17.3 Å². The van der Waals surface area contributed by atoms with Crippen molar-refractivity contribution in [2.24, 2.45) is 7.05 Å². The fourth-order valence-corrected chi connectivity index (χ4v) is 1.39. The van der Waals surface area contributed by atoms with E-state index in [1.807, 2.05) is 0 Å². The summed E-state index contributed by atoms with van der Waals surface area (Å²) in [6.45, 7) is 0. The summed E-state index contributed by atoms with van der Waals surface area (Å²) in [5.41, 5.74) is 4.34. The number of anilines is 2. The smallest absolute Gasteiger partial charge is 0.257 e. The molecule has 0 bridgehead atoms. The molecule has 0 atom stereocenters. The number of nitrogen functional groups attached to an aromatic ring is 1. The van der Waals surface area contributed by atoms with Crippen LogP contribution >= 0.6 is 0 Å². The van der Waals surface area contributed by atoms with Gasteiger partial charge in [-0.2, -0.15) is 5.10 Å². The number of amides is 1. The zero-order chi connectivity index (χ0) is 13.3. The number of aryl methyl sites for hydroxylation is 1. The Hall–Kier alpha value is -2.44. The van der Waals surface area contributed by atoms with Crippen molar-refractivity contribution in [1.82, 2.24) is 9.78 Å². The number of nitrogens with two attached hydrogens (primary N) is 1. The zero-order valence-electron chi connectivity index (χ0n) is 9.45. The number of carbonyl (C=O) groups excluding carboxylic acids is 1. The minimum atomic E-state index is -0.971. The van der Waals surface area contributed by atoms with Crippen molar-refractivity contribution in [1.29, 1.82) is 0 Å². The lowest BCUT2D eigenvalue weighted by molar-refractivity contribution is 0.102. The molecule has 0 saturated heterocycles. The molecule has 0 aliphatic carbocycles. The van der Waals surface area contributed by atoms with Crippen LogP contribution in [0.25, 0.3) is 0 Å². The van der Waals surface area contributed by atoms with Gasteiger partial charge in [0.25, 0.3) is 5.91 Å². The van der Waals surface area contributed by atoms with Crippen molar-refractivity contribution < 1.29 is 13.6 Å². The number of nitrogens with zero attached hydrogens (tertiary/aromatic N) is 2. The van der Waals surface area contributed by atoms with Crippen LogP contribution in [0.5, 0.6) is 0 Å². The highest BCUT2D eigenvalue weighted by molar-refractivity contribution is 6.03. The number of carbonyl (C=O) groups is 1. The lowest BCUT2D eigenvalue weighted by Gasteiger charge is -2.04. The Morgan fingerprint density at radius 2 is 2.00 bits per heavy atom. The Morgan fingerprint density at radius 3 is 2.50 bits per heavy atom. The first kappa shape index (κ1) is 12.0. The molecule has 1 aromatic heterocycles. The highest BCUT2D eigenvalue weighted by Gasteiger charge is 2.13. The molecule has 94 valence electrons. The van der Waals surface area contributed by atoms with Crippen LogP contribution in [0.3, 0.4) is 0 Å².